The van der Waals surface area contributed by atoms with E-state index in [1.54, 1.807) is 36.4 Å². The van der Waals surface area contributed by atoms with E-state index in [0.717, 1.165) is 22.5 Å². The van der Waals surface area contributed by atoms with E-state index in [9.17, 15) is 18.0 Å². The van der Waals surface area contributed by atoms with Crippen molar-refractivity contribution < 1.29 is 18.0 Å². The molecule has 192 valence electrons. The fraction of sp³-hybridized carbons (Fsp3) is 0.462. The Morgan fingerprint density at radius 3 is 2.11 bits per heavy atom. The summed E-state index contributed by atoms with van der Waals surface area (Å²) >= 11 is 6.36. The minimum Gasteiger partial charge on any atom is -0.350 e. The van der Waals surface area contributed by atoms with Crippen molar-refractivity contribution in [2.24, 2.45) is 0 Å². The van der Waals surface area contributed by atoms with Crippen LogP contribution in [0.25, 0.3) is 0 Å². The molecule has 0 aliphatic carbocycles. The average molecular weight is 522 g/mol. The van der Waals surface area contributed by atoms with Gasteiger partial charge in [-0.3, -0.25) is 13.9 Å². The Bertz CT molecular complexity index is 1130. The first-order valence-corrected chi connectivity index (χ1v) is 13.9. The van der Waals surface area contributed by atoms with Crippen LogP contribution in [-0.2, 0) is 32.6 Å². The molecule has 1 N–H and O–H groups in total. The quantitative estimate of drug-likeness (QED) is 0.502. The molecule has 1 atom stereocenters. The van der Waals surface area contributed by atoms with E-state index in [4.69, 9.17) is 11.6 Å². The minimum absolute atomic E-state index is 0.0704. The van der Waals surface area contributed by atoms with Crippen molar-refractivity contribution >= 4 is 39.1 Å². The van der Waals surface area contributed by atoms with Crippen LogP contribution in [0.3, 0.4) is 0 Å². The highest BCUT2D eigenvalue weighted by Crippen LogP contribution is 2.23. The molecule has 2 rings (SSSR count). The van der Waals surface area contributed by atoms with Crippen molar-refractivity contribution in [1.82, 2.24) is 10.2 Å². The first kappa shape index (κ1) is 28.7. The van der Waals surface area contributed by atoms with Gasteiger partial charge in [0.1, 0.15) is 12.6 Å². The average Bonchev–Trinajstić information content (AvgIpc) is 2.76. The van der Waals surface area contributed by atoms with Crippen molar-refractivity contribution in [3.8, 4) is 0 Å². The van der Waals surface area contributed by atoms with Crippen LogP contribution in [-0.4, -0.2) is 49.5 Å². The molecule has 0 saturated carbocycles. The first-order chi connectivity index (χ1) is 16.3. The van der Waals surface area contributed by atoms with Crippen molar-refractivity contribution in [1.29, 1.82) is 0 Å². The van der Waals surface area contributed by atoms with Gasteiger partial charge >= 0.3 is 0 Å². The Labute approximate surface area is 214 Å². The van der Waals surface area contributed by atoms with Crippen LogP contribution in [0.5, 0.6) is 0 Å². The lowest BCUT2D eigenvalue weighted by Crippen LogP contribution is -2.55. The highest BCUT2D eigenvalue weighted by atomic mass is 35.5. The van der Waals surface area contributed by atoms with Crippen molar-refractivity contribution in [3.63, 3.8) is 0 Å². The second kappa shape index (κ2) is 11.9. The lowest BCUT2D eigenvalue weighted by atomic mass is 10.1. The lowest BCUT2D eigenvalue weighted by Gasteiger charge is -2.34. The smallest absolute Gasteiger partial charge is 0.244 e. The molecule has 2 aromatic carbocycles. The molecule has 2 aromatic rings. The monoisotopic (exact) mass is 521 g/mol. The summed E-state index contributed by atoms with van der Waals surface area (Å²) in [5.41, 5.74) is 1.62. The van der Waals surface area contributed by atoms with E-state index in [-0.39, 0.29) is 12.5 Å². The largest absolute Gasteiger partial charge is 0.350 e. The number of nitrogens with one attached hydrogen (secondary N) is 1. The van der Waals surface area contributed by atoms with Gasteiger partial charge in [-0.2, -0.15) is 0 Å². The van der Waals surface area contributed by atoms with Gasteiger partial charge in [0.25, 0.3) is 0 Å². The molecule has 2 amide bonds. The van der Waals surface area contributed by atoms with Gasteiger partial charge in [0, 0.05) is 17.1 Å². The number of carbonyl (C=O) groups is 2. The predicted octanol–water partition coefficient (Wildman–Crippen LogP) is 4.39. The van der Waals surface area contributed by atoms with Crippen LogP contribution in [0.4, 0.5) is 5.69 Å². The number of rotatable bonds is 10. The van der Waals surface area contributed by atoms with Gasteiger partial charge < -0.3 is 10.2 Å². The van der Waals surface area contributed by atoms with Crippen molar-refractivity contribution in [2.75, 3.05) is 17.1 Å². The molecule has 0 fully saturated rings. The predicted molar refractivity (Wildman–Crippen MR) is 142 cm³/mol. The molecule has 1 unspecified atom stereocenters. The molecule has 0 aliphatic rings. The van der Waals surface area contributed by atoms with Crippen LogP contribution in [0, 0.1) is 0 Å². The maximum atomic E-state index is 13.7. The standard InChI is InChI=1S/C26H36ClN3O4S/c1-7-19-13-15-21(16-14-19)30(35(6,33)34)18-24(31)29(17-20-11-9-10-12-22(20)27)23(8-2)25(32)28-26(3,4)5/h9-16,23H,7-8,17-18H2,1-6H3,(H,28,32). The third-order valence-corrected chi connectivity index (χ3v) is 7.00. The maximum absolute atomic E-state index is 13.7. The van der Waals surface area contributed by atoms with Gasteiger partial charge in [0.15, 0.2) is 0 Å². The summed E-state index contributed by atoms with van der Waals surface area (Å²) in [4.78, 5) is 28.3. The van der Waals surface area contributed by atoms with Gasteiger partial charge in [0.2, 0.25) is 21.8 Å². The van der Waals surface area contributed by atoms with Crippen molar-refractivity contribution in [2.45, 2.75) is 65.6 Å². The normalized spacial score (nSPS) is 12.7. The summed E-state index contributed by atoms with van der Waals surface area (Å²) in [6.45, 7) is 9.05. The third-order valence-electron chi connectivity index (χ3n) is 5.49. The molecular weight excluding hydrogens is 486 g/mol. The van der Waals surface area contributed by atoms with E-state index in [2.05, 4.69) is 5.32 Å². The number of halogens is 1. The number of amides is 2. The molecule has 0 saturated heterocycles. The number of carbonyl (C=O) groups excluding carboxylic acids is 2. The Hall–Kier alpha value is -2.58. The molecule has 0 aliphatic heterocycles. The van der Waals surface area contributed by atoms with Crippen LogP contribution in [0.2, 0.25) is 5.02 Å². The molecule has 0 radical (unpaired) electrons. The van der Waals surface area contributed by atoms with Crippen LogP contribution in [0.1, 0.15) is 52.2 Å². The molecule has 0 heterocycles. The van der Waals surface area contributed by atoms with Gasteiger partial charge in [-0.15, -0.1) is 0 Å². The Morgan fingerprint density at radius 2 is 1.63 bits per heavy atom. The van der Waals surface area contributed by atoms with E-state index in [0.29, 0.717) is 22.7 Å². The maximum Gasteiger partial charge on any atom is 0.244 e. The molecule has 0 aromatic heterocycles. The second-order valence-electron chi connectivity index (χ2n) is 9.57. The van der Waals surface area contributed by atoms with Gasteiger partial charge in [-0.1, -0.05) is 55.8 Å². The Balaban J connectivity index is 2.46. The third kappa shape index (κ3) is 8.25. The molecule has 0 spiro atoms. The van der Waals surface area contributed by atoms with E-state index in [1.165, 1.54) is 4.90 Å². The summed E-state index contributed by atoms with van der Waals surface area (Å²) in [5, 5.41) is 3.40. The molecule has 35 heavy (non-hydrogen) atoms. The van der Waals surface area contributed by atoms with E-state index in [1.807, 2.05) is 46.8 Å². The Morgan fingerprint density at radius 1 is 1.03 bits per heavy atom. The number of benzene rings is 2. The molecular formula is C26H36ClN3O4S. The topological polar surface area (TPSA) is 86.8 Å². The van der Waals surface area contributed by atoms with Gasteiger partial charge in [-0.25, -0.2) is 8.42 Å². The summed E-state index contributed by atoms with van der Waals surface area (Å²) < 4.78 is 26.4. The van der Waals surface area contributed by atoms with Gasteiger partial charge in [0.05, 0.1) is 11.9 Å². The molecule has 7 nitrogen and oxygen atoms in total. The number of nitrogens with zero attached hydrogens (tertiary/aromatic N) is 2. The minimum atomic E-state index is -3.77. The summed E-state index contributed by atoms with van der Waals surface area (Å²) in [6, 6.07) is 13.3. The zero-order valence-corrected chi connectivity index (χ0v) is 22.9. The number of sulfonamides is 1. The van der Waals surface area contributed by atoms with Gasteiger partial charge in [-0.05, 0) is 62.9 Å². The number of anilines is 1. The summed E-state index contributed by atoms with van der Waals surface area (Å²) in [5.74, 6) is -0.801. The fourth-order valence-electron chi connectivity index (χ4n) is 3.69. The van der Waals surface area contributed by atoms with E-state index >= 15 is 0 Å². The van der Waals surface area contributed by atoms with Crippen LogP contribution in [0.15, 0.2) is 48.5 Å². The summed E-state index contributed by atoms with van der Waals surface area (Å²) in [7, 11) is -3.77. The molecule has 9 heteroatoms. The number of hydrogen-bond donors (Lipinski definition) is 1. The highest BCUT2D eigenvalue weighted by Gasteiger charge is 2.33. The van der Waals surface area contributed by atoms with Crippen molar-refractivity contribution in [3.05, 3.63) is 64.7 Å². The van der Waals surface area contributed by atoms with E-state index < -0.39 is 34.1 Å². The highest BCUT2D eigenvalue weighted by molar-refractivity contribution is 7.92. The zero-order chi connectivity index (χ0) is 26.4. The van der Waals surface area contributed by atoms with Crippen LogP contribution < -0.4 is 9.62 Å². The second-order valence-corrected chi connectivity index (χ2v) is 11.9. The zero-order valence-electron chi connectivity index (χ0n) is 21.3. The summed E-state index contributed by atoms with van der Waals surface area (Å²) in [6.07, 6.45) is 2.23. The SMILES string of the molecule is CCc1ccc(N(CC(=O)N(Cc2ccccc2Cl)C(CC)C(=O)NC(C)(C)C)S(C)(=O)=O)cc1. The van der Waals surface area contributed by atoms with Crippen LogP contribution >= 0.6 is 11.6 Å². The lowest BCUT2D eigenvalue weighted by molar-refractivity contribution is -0.141. The molecule has 0 bridgehead atoms. The number of aryl methyl sites for hydroxylation is 1. The first-order valence-electron chi connectivity index (χ1n) is 11.7. The fourth-order valence-corrected chi connectivity index (χ4v) is 4.74. The Kier molecular flexibility index (Phi) is 9.75. The number of hydrogen-bond acceptors (Lipinski definition) is 4.